The second kappa shape index (κ2) is 6.73. The zero-order chi connectivity index (χ0) is 19.3. The topological polar surface area (TPSA) is 75.4 Å². The van der Waals surface area contributed by atoms with Crippen LogP contribution in [0.1, 0.15) is 31.2 Å². The number of rotatable bonds is 5. The average Bonchev–Trinajstić information content (AvgIpc) is 3.36. The van der Waals surface area contributed by atoms with E-state index in [1.54, 1.807) is 0 Å². The molecule has 0 aromatic heterocycles. The molecule has 1 spiro atoms. The van der Waals surface area contributed by atoms with Crippen molar-refractivity contribution in [3.05, 3.63) is 48.0 Å². The van der Waals surface area contributed by atoms with Gasteiger partial charge in [-0.1, -0.05) is 42.5 Å². The van der Waals surface area contributed by atoms with Gasteiger partial charge in [0, 0.05) is 25.7 Å². The fourth-order valence-electron chi connectivity index (χ4n) is 6.11. The smallest absolute Gasteiger partial charge is 0.224 e. The summed E-state index contributed by atoms with van der Waals surface area (Å²) in [6.45, 7) is 2.93. The van der Waals surface area contributed by atoms with Gasteiger partial charge in [0.05, 0.1) is 11.8 Å². The highest BCUT2D eigenvalue weighted by atomic mass is 16.2. The van der Waals surface area contributed by atoms with Gasteiger partial charge in [-0.25, -0.2) is 0 Å². The zero-order valence-corrected chi connectivity index (χ0v) is 16.2. The van der Waals surface area contributed by atoms with Crippen LogP contribution in [0.2, 0.25) is 0 Å². The van der Waals surface area contributed by atoms with E-state index in [0.717, 1.165) is 45.3 Å². The van der Waals surface area contributed by atoms with Crippen LogP contribution in [0, 0.1) is 29.1 Å². The third kappa shape index (κ3) is 2.87. The molecule has 148 valence electrons. The number of nitrogens with zero attached hydrogens (tertiary/aromatic N) is 1. The van der Waals surface area contributed by atoms with Gasteiger partial charge < -0.3 is 11.1 Å². The Bertz CT molecular complexity index is 793. The molecule has 5 rings (SSSR count). The predicted molar refractivity (Wildman–Crippen MR) is 107 cm³/mol. The maximum Gasteiger partial charge on any atom is 0.224 e. The number of hydrogen-bond donors (Lipinski definition) is 2. The lowest BCUT2D eigenvalue weighted by molar-refractivity contribution is -0.134. The second-order valence-corrected chi connectivity index (χ2v) is 9.17. The summed E-state index contributed by atoms with van der Waals surface area (Å²) in [7, 11) is 0. The van der Waals surface area contributed by atoms with Crippen molar-refractivity contribution < 1.29 is 9.59 Å². The average molecular weight is 380 g/mol. The van der Waals surface area contributed by atoms with Crippen LogP contribution < -0.4 is 11.1 Å². The largest absolute Gasteiger partial charge is 0.369 e. The summed E-state index contributed by atoms with van der Waals surface area (Å²) in [5.41, 5.74) is 7.23. The number of benzene rings is 1. The summed E-state index contributed by atoms with van der Waals surface area (Å²) in [6.07, 6.45) is 8.51. The molecule has 3 fully saturated rings. The number of carbonyl (C=O) groups excluding carboxylic acids is 2. The molecule has 2 bridgehead atoms. The van der Waals surface area contributed by atoms with E-state index in [9.17, 15) is 9.59 Å². The first kappa shape index (κ1) is 17.9. The van der Waals surface area contributed by atoms with Gasteiger partial charge in [-0.05, 0) is 48.5 Å². The quantitative estimate of drug-likeness (QED) is 0.769. The Hall–Kier alpha value is -2.14. The van der Waals surface area contributed by atoms with E-state index in [2.05, 4.69) is 46.6 Å². The molecule has 1 aliphatic heterocycles. The number of allylic oxidation sites excluding steroid dienone is 2. The lowest BCUT2D eigenvalue weighted by Gasteiger charge is -2.34. The number of nitrogens with two attached hydrogens (primary N) is 1. The third-order valence-electron chi connectivity index (χ3n) is 7.66. The zero-order valence-electron chi connectivity index (χ0n) is 16.2. The van der Waals surface area contributed by atoms with E-state index in [1.807, 2.05) is 6.07 Å². The van der Waals surface area contributed by atoms with Crippen LogP contribution in [0.4, 0.5) is 0 Å². The van der Waals surface area contributed by atoms with Crippen LogP contribution in [0.15, 0.2) is 42.5 Å². The molecule has 5 heteroatoms. The predicted octanol–water partition coefficient (Wildman–Crippen LogP) is 2.08. The Morgan fingerprint density at radius 1 is 1.04 bits per heavy atom. The molecule has 4 aliphatic rings. The molecule has 3 N–H and O–H groups in total. The molecule has 5 nitrogen and oxygen atoms in total. The Labute approximate surface area is 166 Å². The summed E-state index contributed by atoms with van der Waals surface area (Å²) in [5, 5.41) is 3.27. The Morgan fingerprint density at radius 3 is 2.29 bits per heavy atom. The van der Waals surface area contributed by atoms with Crippen LogP contribution in [0.25, 0.3) is 0 Å². The maximum absolute atomic E-state index is 13.1. The molecule has 2 amide bonds. The molecule has 1 heterocycles. The highest BCUT2D eigenvalue weighted by Crippen LogP contribution is 2.71. The van der Waals surface area contributed by atoms with E-state index in [-0.39, 0.29) is 46.9 Å². The first-order valence-corrected chi connectivity index (χ1v) is 10.6. The van der Waals surface area contributed by atoms with Crippen molar-refractivity contribution in [2.24, 2.45) is 34.8 Å². The molecule has 2 unspecified atom stereocenters. The molecule has 1 aromatic rings. The van der Waals surface area contributed by atoms with E-state index < -0.39 is 0 Å². The summed E-state index contributed by atoms with van der Waals surface area (Å²) < 4.78 is 0. The lowest BCUT2D eigenvalue weighted by atomic mass is 9.81. The Morgan fingerprint density at radius 2 is 1.68 bits per heavy atom. The first-order valence-electron chi connectivity index (χ1n) is 10.6. The van der Waals surface area contributed by atoms with Gasteiger partial charge in [0.15, 0.2) is 0 Å². The van der Waals surface area contributed by atoms with Crippen molar-refractivity contribution in [1.29, 1.82) is 0 Å². The van der Waals surface area contributed by atoms with Crippen molar-refractivity contribution in [3.63, 3.8) is 0 Å². The summed E-state index contributed by atoms with van der Waals surface area (Å²) in [4.78, 5) is 27.7. The standard InChI is InChI=1S/C23H29N3O2/c24-21(27)19-17-6-7-18(23(17)10-11-23)20(19)22(28)25-16-8-12-26(13-9-16)14-15-4-2-1-3-5-15/h1-7,16-20H,8-14H2,(H2,24,27)(H,25,28)/t17-,18+,19?,20?/m0/s1. The van der Waals surface area contributed by atoms with Crippen LogP contribution in [0.3, 0.4) is 0 Å². The minimum absolute atomic E-state index is 0.0495. The molecular formula is C23H29N3O2. The van der Waals surface area contributed by atoms with Crippen molar-refractivity contribution in [1.82, 2.24) is 10.2 Å². The van der Waals surface area contributed by atoms with Crippen molar-refractivity contribution >= 4 is 11.8 Å². The van der Waals surface area contributed by atoms with Gasteiger partial charge in [-0.2, -0.15) is 0 Å². The molecule has 3 aliphatic carbocycles. The molecule has 1 saturated heterocycles. The minimum atomic E-state index is -0.323. The molecule has 28 heavy (non-hydrogen) atoms. The second-order valence-electron chi connectivity index (χ2n) is 9.17. The van der Waals surface area contributed by atoms with Gasteiger partial charge in [-0.15, -0.1) is 0 Å². The number of amides is 2. The number of likely N-dealkylation sites (tertiary alicyclic amines) is 1. The Balaban J connectivity index is 1.19. The highest BCUT2D eigenvalue weighted by Gasteiger charge is 2.69. The highest BCUT2D eigenvalue weighted by molar-refractivity contribution is 5.89. The Kier molecular flexibility index (Phi) is 4.31. The van der Waals surface area contributed by atoms with Gasteiger partial charge in [0.25, 0.3) is 0 Å². The summed E-state index contributed by atoms with van der Waals surface area (Å²) in [5.74, 6) is -0.464. The van der Waals surface area contributed by atoms with Gasteiger partial charge in [0.1, 0.15) is 0 Å². The molecule has 2 saturated carbocycles. The van der Waals surface area contributed by atoms with Crippen molar-refractivity contribution in [2.75, 3.05) is 13.1 Å². The number of piperidine rings is 1. The van der Waals surface area contributed by atoms with Crippen LogP contribution in [0.5, 0.6) is 0 Å². The van der Waals surface area contributed by atoms with E-state index in [1.165, 1.54) is 5.56 Å². The van der Waals surface area contributed by atoms with Crippen LogP contribution in [-0.4, -0.2) is 35.8 Å². The van der Waals surface area contributed by atoms with Gasteiger partial charge in [0.2, 0.25) is 11.8 Å². The van der Waals surface area contributed by atoms with E-state index >= 15 is 0 Å². The maximum atomic E-state index is 13.1. The first-order chi connectivity index (χ1) is 13.6. The van der Waals surface area contributed by atoms with Crippen molar-refractivity contribution in [3.8, 4) is 0 Å². The normalized spacial score (nSPS) is 33.3. The van der Waals surface area contributed by atoms with Crippen molar-refractivity contribution in [2.45, 2.75) is 38.3 Å². The van der Waals surface area contributed by atoms with Gasteiger partial charge >= 0.3 is 0 Å². The SMILES string of the molecule is NC(=O)C1C(C(=O)NC2CCN(Cc3ccccc3)CC2)[C@H]2C=C[C@@H]1C21CC1. The summed E-state index contributed by atoms with van der Waals surface area (Å²) >= 11 is 0. The van der Waals surface area contributed by atoms with E-state index in [4.69, 9.17) is 5.73 Å². The van der Waals surface area contributed by atoms with E-state index in [0.29, 0.717) is 0 Å². The molecular weight excluding hydrogens is 350 g/mol. The lowest BCUT2D eigenvalue weighted by Crippen LogP contribution is -2.49. The molecule has 0 radical (unpaired) electrons. The number of carbonyl (C=O) groups is 2. The number of hydrogen-bond acceptors (Lipinski definition) is 3. The number of nitrogens with one attached hydrogen (secondary N) is 1. The number of primary amides is 1. The summed E-state index contributed by atoms with van der Waals surface area (Å²) in [6, 6.07) is 10.7. The monoisotopic (exact) mass is 379 g/mol. The molecule has 1 aromatic carbocycles. The molecule has 4 atom stereocenters. The van der Waals surface area contributed by atoms with Crippen LogP contribution in [-0.2, 0) is 16.1 Å². The third-order valence-corrected chi connectivity index (χ3v) is 7.66. The fraction of sp³-hybridized carbons (Fsp3) is 0.565. The fourth-order valence-corrected chi connectivity index (χ4v) is 6.11. The van der Waals surface area contributed by atoms with Gasteiger partial charge in [-0.3, -0.25) is 14.5 Å². The minimum Gasteiger partial charge on any atom is -0.369 e. The van der Waals surface area contributed by atoms with Crippen LogP contribution >= 0.6 is 0 Å².